The van der Waals surface area contributed by atoms with Crippen LogP contribution in [0.1, 0.15) is 50.7 Å². The summed E-state index contributed by atoms with van der Waals surface area (Å²) < 4.78 is 0. The first kappa shape index (κ1) is 12.0. The molecule has 0 bridgehead atoms. The van der Waals surface area contributed by atoms with E-state index in [0.717, 1.165) is 24.8 Å². The minimum absolute atomic E-state index is 0.517. The molecule has 0 radical (unpaired) electrons. The number of nitrogens with two attached hydrogens (primary N) is 1. The van der Waals surface area contributed by atoms with E-state index in [1.165, 1.54) is 36.8 Å². The second-order valence-electron chi connectivity index (χ2n) is 6.80. The molecule has 1 heterocycles. The molecule has 2 nitrogen and oxygen atoms in total. The third-order valence-electron chi connectivity index (χ3n) is 4.74. The summed E-state index contributed by atoms with van der Waals surface area (Å²) in [7, 11) is 0. The van der Waals surface area contributed by atoms with Gasteiger partial charge in [-0.15, -0.1) is 0 Å². The second-order valence-corrected chi connectivity index (χ2v) is 6.80. The van der Waals surface area contributed by atoms with E-state index in [1.807, 2.05) is 6.07 Å². The Balaban J connectivity index is 1.76. The summed E-state index contributed by atoms with van der Waals surface area (Å²) >= 11 is 0. The van der Waals surface area contributed by atoms with Gasteiger partial charge in [0.05, 0.1) is 0 Å². The average Bonchev–Trinajstić information content (AvgIpc) is 2.73. The van der Waals surface area contributed by atoms with Crippen molar-refractivity contribution in [3.05, 3.63) is 29.3 Å². The summed E-state index contributed by atoms with van der Waals surface area (Å²) in [5.74, 6) is 0. The van der Waals surface area contributed by atoms with Gasteiger partial charge >= 0.3 is 0 Å². The molecule has 2 N–H and O–H groups in total. The van der Waals surface area contributed by atoms with E-state index in [0.29, 0.717) is 5.41 Å². The smallest absolute Gasteiger partial charge is 0.0363 e. The van der Waals surface area contributed by atoms with Crippen molar-refractivity contribution in [3.63, 3.8) is 0 Å². The molecule has 1 fully saturated rings. The Hall–Kier alpha value is -1.02. The molecule has 1 aromatic rings. The summed E-state index contributed by atoms with van der Waals surface area (Å²) in [6, 6.07) is 7.11. The summed E-state index contributed by atoms with van der Waals surface area (Å²) in [6.45, 7) is 6.98. The van der Waals surface area contributed by atoms with Gasteiger partial charge in [-0.3, -0.25) is 4.90 Å². The molecule has 1 aliphatic heterocycles. The molecule has 1 aliphatic carbocycles. The lowest BCUT2D eigenvalue weighted by atomic mass is 9.75. The van der Waals surface area contributed by atoms with Gasteiger partial charge in [0, 0.05) is 24.8 Å². The van der Waals surface area contributed by atoms with Crippen molar-refractivity contribution >= 4 is 5.69 Å². The van der Waals surface area contributed by atoms with Crippen molar-refractivity contribution in [2.24, 2.45) is 5.41 Å². The molecule has 0 spiro atoms. The van der Waals surface area contributed by atoms with Crippen LogP contribution >= 0.6 is 0 Å². The highest BCUT2D eigenvalue weighted by molar-refractivity contribution is 5.52. The van der Waals surface area contributed by atoms with Gasteiger partial charge in [-0.05, 0) is 41.9 Å². The molecule has 1 aromatic carbocycles. The van der Waals surface area contributed by atoms with E-state index >= 15 is 0 Å². The normalized spacial score (nSPS) is 27.1. The average molecular weight is 244 g/mol. The molecular formula is C16H24N2. The van der Waals surface area contributed by atoms with E-state index in [2.05, 4.69) is 30.9 Å². The molecule has 1 saturated carbocycles. The monoisotopic (exact) mass is 244 g/mol. The molecule has 1 atom stereocenters. The first-order chi connectivity index (χ1) is 8.55. The minimum Gasteiger partial charge on any atom is -0.398 e. The summed E-state index contributed by atoms with van der Waals surface area (Å²) in [6.07, 6.45) is 5.45. The van der Waals surface area contributed by atoms with Crippen LogP contribution in [0, 0.1) is 5.41 Å². The van der Waals surface area contributed by atoms with Gasteiger partial charge in [0.25, 0.3) is 0 Å². The molecule has 0 aromatic heterocycles. The molecule has 98 valence electrons. The van der Waals surface area contributed by atoms with Crippen molar-refractivity contribution in [2.45, 2.75) is 58.7 Å². The fourth-order valence-electron chi connectivity index (χ4n) is 3.70. The van der Waals surface area contributed by atoms with Crippen molar-refractivity contribution < 1.29 is 0 Å². The zero-order chi connectivity index (χ0) is 12.8. The predicted molar refractivity (Wildman–Crippen MR) is 76.1 cm³/mol. The number of hydrogen-bond donors (Lipinski definition) is 1. The highest BCUT2D eigenvalue weighted by Crippen LogP contribution is 2.40. The Morgan fingerprint density at radius 2 is 2.11 bits per heavy atom. The van der Waals surface area contributed by atoms with Crippen molar-refractivity contribution in [3.8, 4) is 0 Å². The number of anilines is 1. The molecule has 0 amide bonds. The molecule has 2 aliphatic rings. The predicted octanol–water partition coefficient (Wildman–Crippen LogP) is 3.55. The highest BCUT2D eigenvalue weighted by atomic mass is 15.2. The molecule has 2 heteroatoms. The van der Waals surface area contributed by atoms with E-state index < -0.39 is 0 Å². The second kappa shape index (κ2) is 4.27. The summed E-state index contributed by atoms with van der Waals surface area (Å²) in [4.78, 5) is 2.64. The van der Waals surface area contributed by atoms with Crippen LogP contribution in [0.4, 0.5) is 5.69 Å². The van der Waals surface area contributed by atoms with E-state index in [9.17, 15) is 0 Å². The third-order valence-corrected chi connectivity index (χ3v) is 4.74. The van der Waals surface area contributed by atoms with Gasteiger partial charge < -0.3 is 5.73 Å². The van der Waals surface area contributed by atoms with Crippen LogP contribution in [0.5, 0.6) is 0 Å². The number of benzene rings is 1. The molecule has 3 rings (SSSR count). The Morgan fingerprint density at radius 3 is 2.83 bits per heavy atom. The van der Waals surface area contributed by atoms with Crippen LogP contribution in [0.3, 0.4) is 0 Å². The first-order valence-corrected chi connectivity index (χ1v) is 7.15. The van der Waals surface area contributed by atoms with Crippen molar-refractivity contribution in [1.82, 2.24) is 4.90 Å². The maximum atomic E-state index is 6.09. The molecule has 0 saturated heterocycles. The van der Waals surface area contributed by atoms with Crippen molar-refractivity contribution in [1.29, 1.82) is 0 Å². The van der Waals surface area contributed by atoms with Gasteiger partial charge in [0.15, 0.2) is 0 Å². The van der Waals surface area contributed by atoms with Gasteiger partial charge in [0.1, 0.15) is 0 Å². The summed E-state index contributed by atoms with van der Waals surface area (Å²) in [5, 5.41) is 0. The highest BCUT2D eigenvalue weighted by Gasteiger charge is 2.34. The van der Waals surface area contributed by atoms with Crippen molar-refractivity contribution in [2.75, 3.05) is 5.73 Å². The fraction of sp³-hybridized carbons (Fsp3) is 0.625. The van der Waals surface area contributed by atoms with Gasteiger partial charge in [-0.1, -0.05) is 32.4 Å². The number of fused-ring (bicyclic) bond motifs is 1. The largest absolute Gasteiger partial charge is 0.398 e. The molecular weight excluding hydrogens is 220 g/mol. The van der Waals surface area contributed by atoms with Crippen LogP contribution in [-0.4, -0.2) is 10.9 Å². The van der Waals surface area contributed by atoms with Crippen LogP contribution in [-0.2, 0) is 13.1 Å². The SMILES string of the molecule is CC1(C)CCCC(N2Cc3cccc(N)c3C2)C1. The quantitative estimate of drug-likeness (QED) is 0.765. The lowest BCUT2D eigenvalue weighted by molar-refractivity contribution is 0.0928. The van der Waals surface area contributed by atoms with E-state index in [1.54, 1.807) is 0 Å². The van der Waals surface area contributed by atoms with Crippen LogP contribution in [0.15, 0.2) is 18.2 Å². The maximum Gasteiger partial charge on any atom is 0.0363 e. The first-order valence-electron chi connectivity index (χ1n) is 7.15. The zero-order valence-electron chi connectivity index (χ0n) is 11.6. The topological polar surface area (TPSA) is 29.3 Å². The van der Waals surface area contributed by atoms with Crippen LogP contribution in [0.25, 0.3) is 0 Å². The van der Waals surface area contributed by atoms with E-state index in [4.69, 9.17) is 5.73 Å². The minimum atomic E-state index is 0.517. The van der Waals surface area contributed by atoms with Gasteiger partial charge in [0.2, 0.25) is 0 Å². The van der Waals surface area contributed by atoms with Gasteiger partial charge in [-0.2, -0.15) is 0 Å². The van der Waals surface area contributed by atoms with Crippen LogP contribution in [0.2, 0.25) is 0 Å². The zero-order valence-corrected chi connectivity index (χ0v) is 11.6. The Labute approximate surface area is 110 Å². The lowest BCUT2D eigenvalue weighted by Crippen LogP contribution is -2.38. The standard InChI is InChI=1S/C16H24N2/c1-16(2)8-4-6-13(9-16)18-10-12-5-3-7-15(17)14(12)11-18/h3,5,7,13H,4,6,8-11,17H2,1-2H3. The fourth-order valence-corrected chi connectivity index (χ4v) is 3.70. The molecule has 1 unspecified atom stereocenters. The lowest BCUT2D eigenvalue weighted by Gasteiger charge is -2.39. The summed E-state index contributed by atoms with van der Waals surface area (Å²) in [5.41, 5.74) is 10.4. The Kier molecular flexibility index (Phi) is 2.86. The van der Waals surface area contributed by atoms with Gasteiger partial charge in [-0.25, -0.2) is 0 Å². The maximum absolute atomic E-state index is 6.09. The van der Waals surface area contributed by atoms with E-state index in [-0.39, 0.29) is 0 Å². The number of nitrogen functional groups attached to an aromatic ring is 1. The number of rotatable bonds is 1. The number of hydrogen-bond acceptors (Lipinski definition) is 2. The molecule has 18 heavy (non-hydrogen) atoms. The Morgan fingerprint density at radius 1 is 1.28 bits per heavy atom. The third kappa shape index (κ3) is 2.14. The van der Waals surface area contributed by atoms with Crippen LogP contribution < -0.4 is 5.73 Å². The number of nitrogens with zero attached hydrogens (tertiary/aromatic N) is 1. The Bertz CT molecular complexity index is 450.